The van der Waals surface area contributed by atoms with Crippen LogP contribution in [0.25, 0.3) is 0 Å². The van der Waals surface area contributed by atoms with Gasteiger partial charge in [-0.25, -0.2) is 0 Å². The van der Waals surface area contributed by atoms with Gasteiger partial charge in [0.15, 0.2) is 0 Å². The van der Waals surface area contributed by atoms with Crippen molar-refractivity contribution in [2.24, 2.45) is 0 Å². The number of thioether (sulfide) groups is 1. The van der Waals surface area contributed by atoms with Crippen LogP contribution in [0.3, 0.4) is 0 Å². The monoisotopic (exact) mass is 279 g/mol. The maximum atomic E-state index is 3.47. The Labute approximate surface area is 123 Å². The Morgan fingerprint density at radius 3 is 2.63 bits per heavy atom. The molecular formula is C17H29NS. The van der Waals surface area contributed by atoms with Gasteiger partial charge >= 0.3 is 0 Å². The van der Waals surface area contributed by atoms with E-state index in [1.54, 1.807) is 0 Å². The second-order valence-corrected chi connectivity index (χ2v) is 6.28. The standard InChI is InChI=1S/C17H29NS/c1-4-6-7-8-9-13-19-17-12-10-11-16(14-17)15(3)18-5-2/h10-12,14-15,18H,4-9,13H2,1-3H3. The van der Waals surface area contributed by atoms with E-state index in [1.807, 2.05) is 11.8 Å². The zero-order valence-electron chi connectivity index (χ0n) is 12.7. The van der Waals surface area contributed by atoms with Crippen molar-refractivity contribution in [2.75, 3.05) is 12.3 Å². The third kappa shape index (κ3) is 7.03. The molecule has 0 aliphatic carbocycles. The molecular weight excluding hydrogens is 250 g/mol. The van der Waals surface area contributed by atoms with Crippen LogP contribution in [0.5, 0.6) is 0 Å². The van der Waals surface area contributed by atoms with Crippen molar-refractivity contribution in [3.63, 3.8) is 0 Å². The summed E-state index contributed by atoms with van der Waals surface area (Å²) in [4.78, 5) is 1.41. The summed E-state index contributed by atoms with van der Waals surface area (Å²) in [6.45, 7) is 7.69. The largest absolute Gasteiger partial charge is 0.310 e. The lowest BCUT2D eigenvalue weighted by atomic mass is 10.1. The van der Waals surface area contributed by atoms with Crippen LogP contribution in [0, 0.1) is 0 Å². The fraction of sp³-hybridized carbons (Fsp3) is 0.647. The van der Waals surface area contributed by atoms with Crippen molar-refractivity contribution >= 4 is 11.8 Å². The van der Waals surface area contributed by atoms with Gasteiger partial charge < -0.3 is 5.32 Å². The van der Waals surface area contributed by atoms with E-state index in [4.69, 9.17) is 0 Å². The van der Waals surface area contributed by atoms with Crippen LogP contribution in [-0.2, 0) is 0 Å². The van der Waals surface area contributed by atoms with E-state index < -0.39 is 0 Å². The van der Waals surface area contributed by atoms with E-state index in [1.165, 1.54) is 48.3 Å². The predicted molar refractivity (Wildman–Crippen MR) is 88.0 cm³/mol. The zero-order chi connectivity index (χ0) is 13.9. The van der Waals surface area contributed by atoms with Crippen LogP contribution in [0.1, 0.15) is 64.5 Å². The topological polar surface area (TPSA) is 12.0 Å². The SMILES string of the molecule is CCCCCCCSc1cccc(C(C)NCC)c1. The molecule has 0 saturated heterocycles. The zero-order valence-corrected chi connectivity index (χ0v) is 13.6. The summed E-state index contributed by atoms with van der Waals surface area (Å²) < 4.78 is 0. The van der Waals surface area contributed by atoms with E-state index in [0.29, 0.717) is 6.04 Å². The molecule has 0 aliphatic rings. The summed E-state index contributed by atoms with van der Waals surface area (Å²) in [5, 5.41) is 3.47. The number of unbranched alkanes of at least 4 members (excludes halogenated alkanes) is 4. The molecule has 0 amide bonds. The second-order valence-electron chi connectivity index (χ2n) is 5.11. The van der Waals surface area contributed by atoms with Crippen molar-refractivity contribution in [3.8, 4) is 0 Å². The van der Waals surface area contributed by atoms with Crippen molar-refractivity contribution in [1.29, 1.82) is 0 Å². The minimum atomic E-state index is 0.454. The molecule has 0 heterocycles. The Balaban J connectivity index is 2.31. The van der Waals surface area contributed by atoms with Gasteiger partial charge in [-0.3, -0.25) is 0 Å². The summed E-state index contributed by atoms with van der Waals surface area (Å²) >= 11 is 2.00. The summed E-state index contributed by atoms with van der Waals surface area (Å²) in [6.07, 6.45) is 6.85. The fourth-order valence-corrected chi connectivity index (χ4v) is 3.17. The van der Waals surface area contributed by atoms with Crippen molar-refractivity contribution < 1.29 is 0 Å². The van der Waals surface area contributed by atoms with Crippen LogP contribution in [-0.4, -0.2) is 12.3 Å². The van der Waals surface area contributed by atoms with Gasteiger partial charge in [-0.15, -0.1) is 11.8 Å². The van der Waals surface area contributed by atoms with Crippen LogP contribution >= 0.6 is 11.8 Å². The first-order valence-electron chi connectivity index (χ1n) is 7.74. The molecule has 108 valence electrons. The smallest absolute Gasteiger partial charge is 0.0292 e. The molecule has 1 nitrogen and oxygen atoms in total. The molecule has 1 rings (SSSR count). The number of hydrogen-bond donors (Lipinski definition) is 1. The normalized spacial score (nSPS) is 12.6. The van der Waals surface area contributed by atoms with Gasteiger partial charge in [0.1, 0.15) is 0 Å². The second kappa shape index (κ2) is 10.3. The highest BCUT2D eigenvalue weighted by atomic mass is 32.2. The highest BCUT2D eigenvalue weighted by Crippen LogP contribution is 2.23. The van der Waals surface area contributed by atoms with E-state index >= 15 is 0 Å². The van der Waals surface area contributed by atoms with E-state index in [9.17, 15) is 0 Å². The van der Waals surface area contributed by atoms with Crippen molar-refractivity contribution in [3.05, 3.63) is 29.8 Å². The third-order valence-electron chi connectivity index (χ3n) is 3.39. The molecule has 0 bridgehead atoms. The van der Waals surface area contributed by atoms with Crippen LogP contribution < -0.4 is 5.32 Å². The number of nitrogens with one attached hydrogen (secondary N) is 1. The molecule has 1 N–H and O–H groups in total. The Hall–Kier alpha value is -0.470. The molecule has 0 spiro atoms. The summed E-state index contributed by atoms with van der Waals surface area (Å²) in [6, 6.07) is 9.43. The van der Waals surface area contributed by atoms with Gasteiger partial charge in [-0.05, 0) is 43.3 Å². The first kappa shape index (κ1) is 16.6. The van der Waals surface area contributed by atoms with Gasteiger partial charge in [0, 0.05) is 10.9 Å². The minimum Gasteiger partial charge on any atom is -0.310 e. The molecule has 0 radical (unpaired) electrons. The highest BCUT2D eigenvalue weighted by Gasteiger charge is 2.04. The van der Waals surface area contributed by atoms with Gasteiger partial charge in [-0.1, -0.05) is 51.7 Å². The molecule has 19 heavy (non-hydrogen) atoms. The van der Waals surface area contributed by atoms with Gasteiger partial charge in [-0.2, -0.15) is 0 Å². The predicted octanol–water partition coefficient (Wildman–Crippen LogP) is 5.42. The quantitative estimate of drug-likeness (QED) is 0.453. The van der Waals surface area contributed by atoms with Gasteiger partial charge in [0.05, 0.1) is 0 Å². The number of rotatable bonds is 10. The lowest BCUT2D eigenvalue weighted by Gasteiger charge is -2.13. The Morgan fingerprint density at radius 1 is 1.11 bits per heavy atom. The molecule has 1 aromatic rings. The molecule has 0 aromatic heterocycles. The molecule has 0 fully saturated rings. The minimum absolute atomic E-state index is 0.454. The van der Waals surface area contributed by atoms with E-state index in [-0.39, 0.29) is 0 Å². The Morgan fingerprint density at radius 2 is 1.89 bits per heavy atom. The molecule has 1 atom stereocenters. The van der Waals surface area contributed by atoms with Crippen LogP contribution in [0.2, 0.25) is 0 Å². The molecule has 2 heteroatoms. The van der Waals surface area contributed by atoms with Gasteiger partial charge in [0.25, 0.3) is 0 Å². The maximum absolute atomic E-state index is 3.47. The Kier molecular flexibility index (Phi) is 9.02. The van der Waals surface area contributed by atoms with Crippen molar-refractivity contribution in [2.45, 2.75) is 63.8 Å². The third-order valence-corrected chi connectivity index (χ3v) is 4.47. The lowest BCUT2D eigenvalue weighted by molar-refractivity contribution is 0.597. The first-order chi connectivity index (χ1) is 9.27. The maximum Gasteiger partial charge on any atom is 0.0292 e. The molecule has 1 unspecified atom stereocenters. The number of benzene rings is 1. The van der Waals surface area contributed by atoms with Crippen LogP contribution in [0.15, 0.2) is 29.2 Å². The molecule has 0 aliphatic heterocycles. The summed E-state index contributed by atoms with van der Waals surface area (Å²) in [5.74, 6) is 1.25. The van der Waals surface area contributed by atoms with Gasteiger partial charge in [0.2, 0.25) is 0 Å². The average molecular weight is 279 g/mol. The van der Waals surface area contributed by atoms with E-state index in [0.717, 1.165) is 6.54 Å². The molecule has 0 saturated carbocycles. The number of hydrogen-bond acceptors (Lipinski definition) is 2. The lowest BCUT2D eigenvalue weighted by Crippen LogP contribution is -2.17. The average Bonchev–Trinajstić information content (AvgIpc) is 2.43. The summed E-state index contributed by atoms with van der Waals surface area (Å²) in [5.41, 5.74) is 1.40. The molecule has 1 aromatic carbocycles. The van der Waals surface area contributed by atoms with Crippen molar-refractivity contribution in [1.82, 2.24) is 5.32 Å². The van der Waals surface area contributed by atoms with Crippen LogP contribution in [0.4, 0.5) is 0 Å². The first-order valence-corrected chi connectivity index (χ1v) is 8.72. The summed E-state index contributed by atoms with van der Waals surface area (Å²) in [7, 11) is 0. The fourth-order valence-electron chi connectivity index (χ4n) is 2.19. The Bertz CT molecular complexity index is 338. The highest BCUT2D eigenvalue weighted by molar-refractivity contribution is 7.99. The van der Waals surface area contributed by atoms with E-state index in [2.05, 4.69) is 50.4 Å².